The summed E-state index contributed by atoms with van der Waals surface area (Å²) in [4.78, 5) is 38.4. The molecular weight excluding hydrogens is 476 g/mol. The van der Waals surface area contributed by atoms with Crippen molar-refractivity contribution >= 4 is 18.0 Å². The minimum Gasteiger partial charge on any atom is -0.490 e. The summed E-state index contributed by atoms with van der Waals surface area (Å²) in [6, 6.07) is 12.5. The van der Waals surface area contributed by atoms with E-state index in [1.165, 1.54) is 7.11 Å². The Hall–Kier alpha value is -4.01. The molecule has 4 aliphatic rings. The number of esters is 1. The highest BCUT2D eigenvalue weighted by Crippen LogP contribution is 2.17. The van der Waals surface area contributed by atoms with Gasteiger partial charge in [-0.05, 0) is 68.3 Å². The highest BCUT2D eigenvalue weighted by molar-refractivity contribution is 5.90. The van der Waals surface area contributed by atoms with E-state index in [-0.39, 0.29) is 12.8 Å². The van der Waals surface area contributed by atoms with Gasteiger partial charge in [0.1, 0.15) is 42.4 Å². The zero-order chi connectivity index (χ0) is 26.8. The van der Waals surface area contributed by atoms with Crippen molar-refractivity contribution in [3.05, 3.63) is 71.8 Å². The molecule has 0 spiro atoms. The van der Waals surface area contributed by atoms with Crippen molar-refractivity contribution in [1.82, 2.24) is 10.6 Å². The molecule has 2 amide bonds. The van der Waals surface area contributed by atoms with Gasteiger partial charge in [-0.1, -0.05) is 24.3 Å². The number of alkyl carbamates (subject to hydrolysis) is 1. The topological polar surface area (TPSA) is 112 Å². The summed E-state index contributed by atoms with van der Waals surface area (Å²) in [5.74, 6) is 0.185. The van der Waals surface area contributed by atoms with Crippen LogP contribution < -0.4 is 20.1 Å². The van der Waals surface area contributed by atoms with Crippen molar-refractivity contribution in [2.24, 2.45) is 0 Å². The lowest BCUT2D eigenvalue weighted by molar-refractivity contribution is -0.145. The molecule has 4 heterocycles. The van der Waals surface area contributed by atoms with Crippen molar-refractivity contribution < 1.29 is 33.3 Å². The van der Waals surface area contributed by atoms with Crippen LogP contribution in [-0.2, 0) is 31.9 Å². The van der Waals surface area contributed by atoms with Crippen LogP contribution in [0.3, 0.4) is 0 Å². The molecule has 4 bridgehead atoms. The lowest BCUT2D eigenvalue weighted by Crippen LogP contribution is -2.53. The first-order valence-corrected chi connectivity index (χ1v) is 12.1. The normalized spacial score (nSPS) is 19.5. The Bertz CT molecular complexity index is 1090. The number of nitrogens with one attached hydrogen (secondary N) is 2. The number of carbonyl (C=O) groups excluding carboxylic acids is 3. The van der Waals surface area contributed by atoms with Crippen LogP contribution in [0.5, 0.6) is 11.5 Å². The Kier molecular flexibility index (Phi) is 9.54. The number of hydrogen-bond donors (Lipinski definition) is 2. The monoisotopic (exact) mass is 510 g/mol. The molecule has 0 saturated heterocycles. The number of amides is 2. The first kappa shape index (κ1) is 27.6. The minimum absolute atomic E-state index is 0.172. The van der Waals surface area contributed by atoms with Crippen LogP contribution in [0.15, 0.2) is 60.7 Å². The summed E-state index contributed by atoms with van der Waals surface area (Å²) < 4.78 is 21.7. The average Bonchev–Trinajstić information content (AvgIpc) is 2.85. The summed E-state index contributed by atoms with van der Waals surface area (Å²) in [7, 11) is 1.26. The molecule has 6 rings (SSSR count). The van der Waals surface area contributed by atoms with Crippen LogP contribution in [-0.4, -0.2) is 56.0 Å². The van der Waals surface area contributed by atoms with E-state index in [4.69, 9.17) is 18.9 Å². The van der Waals surface area contributed by atoms with E-state index >= 15 is 0 Å². The summed E-state index contributed by atoms with van der Waals surface area (Å²) >= 11 is 0. The highest BCUT2D eigenvalue weighted by atomic mass is 16.6. The van der Waals surface area contributed by atoms with E-state index < -0.39 is 35.7 Å². The van der Waals surface area contributed by atoms with Gasteiger partial charge >= 0.3 is 12.1 Å². The first-order valence-electron chi connectivity index (χ1n) is 12.1. The van der Waals surface area contributed by atoms with Gasteiger partial charge in [-0.2, -0.15) is 0 Å². The molecule has 0 unspecified atom stereocenters. The molecule has 2 aromatic rings. The number of ether oxygens (including phenoxy) is 4. The number of rotatable bonds is 2. The fourth-order valence-corrected chi connectivity index (χ4v) is 3.61. The first-order chi connectivity index (χ1) is 17.6. The van der Waals surface area contributed by atoms with E-state index in [0.29, 0.717) is 24.7 Å². The van der Waals surface area contributed by atoms with Crippen LogP contribution in [0.25, 0.3) is 0 Å². The van der Waals surface area contributed by atoms with Crippen LogP contribution in [0.4, 0.5) is 4.79 Å². The average molecular weight is 511 g/mol. The van der Waals surface area contributed by atoms with Crippen molar-refractivity contribution in [2.45, 2.75) is 51.3 Å². The predicted octanol–water partition coefficient (Wildman–Crippen LogP) is 3.35. The van der Waals surface area contributed by atoms with E-state index in [0.717, 1.165) is 11.1 Å². The van der Waals surface area contributed by atoms with Crippen LogP contribution in [0.1, 0.15) is 31.9 Å². The number of hydrogen-bond acceptors (Lipinski definition) is 7. The van der Waals surface area contributed by atoms with Gasteiger partial charge in [-0.15, -0.1) is 0 Å². The highest BCUT2D eigenvalue weighted by Gasteiger charge is 2.29. The van der Waals surface area contributed by atoms with E-state index in [1.54, 1.807) is 45.0 Å². The zero-order valence-corrected chi connectivity index (χ0v) is 21.6. The Morgan fingerprint density at radius 3 is 1.89 bits per heavy atom. The molecule has 37 heavy (non-hydrogen) atoms. The van der Waals surface area contributed by atoms with Gasteiger partial charge < -0.3 is 29.6 Å². The second-order valence-corrected chi connectivity index (χ2v) is 9.57. The number of benzene rings is 2. The van der Waals surface area contributed by atoms with Crippen molar-refractivity contribution in [3.8, 4) is 11.5 Å². The van der Waals surface area contributed by atoms with E-state index in [2.05, 4.69) is 10.6 Å². The van der Waals surface area contributed by atoms with Gasteiger partial charge in [0.25, 0.3) is 0 Å². The summed E-state index contributed by atoms with van der Waals surface area (Å²) in [5.41, 5.74) is 0.840. The third-order valence-corrected chi connectivity index (χ3v) is 5.40. The molecule has 9 nitrogen and oxygen atoms in total. The molecule has 2 aromatic carbocycles. The maximum Gasteiger partial charge on any atom is 0.408 e. The molecule has 4 aliphatic heterocycles. The van der Waals surface area contributed by atoms with E-state index in [9.17, 15) is 14.4 Å². The molecule has 0 saturated carbocycles. The molecule has 0 aromatic heterocycles. The van der Waals surface area contributed by atoms with Crippen LogP contribution in [0.2, 0.25) is 0 Å². The molecule has 9 heteroatoms. The Labute approximate surface area is 217 Å². The minimum atomic E-state index is -1.00. The number of carbonyl (C=O) groups is 3. The smallest absolute Gasteiger partial charge is 0.408 e. The van der Waals surface area contributed by atoms with Gasteiger partial charge in [0.2, 0.25) is 5.91 Å². The van der Waals surface area contributed by atoms with Gasteiger partial charge in [-0.3, -0.25) is 4.79 Å². The van der Waals surface area contributed by atoms with Crippen LogP contribution >= 0.6 is 0 Å². The maximum atomic E-state index is 13.3. The summed E-state index contributed by atoms with van der Waals surface area (Å²) in [6.45, 7) is 5.96. The second-order valence-electron chi connectivity index (χ2n) is 9.57. The maximum absolute atomic E-state index is 13.3. The van der Waals surface area contributed by atoms with Crippen molar-refractivity contribution in [2.75, 3.05) is 20.3 Å². The number of methoxy groups -OCH3 is 1. The fraction of sp³-hybridized carbons (Fsp3) is 0.393. The van der Waals surface area contributed by atoms with Crippen molar-refractivity contribution in [3.63, 3.8) is 0 Å². The Balaban J connectivity index is 1.89. The molecule has 0 fully saturated rings. The fourth-order valence-electron chi connectivity index (χ4n) is 3.61. The Morgan fingerprint density at radius 1 is 0.892 bits per heavy atom. The zero-order valence-electron chi connectivity index (χ0n) is 21.6. The van der Waals surface area contributed by atoms with E-state index in [1.807, 2.05) is 36.4 Å². The standard InChI is InChI=1S/C28H34N2O7/c1-28(2,3)37-27(33)30-23-17-19-7-11-21(12-8-19)35-15-5-6-16-36-22-13-9-20(10-14-22)18-24(26(32)34-4)29-25(23)31/h5-14,23-24H,15-18H2,1-4H3,(H,29,31)(H,30,33)/b6-5-/t23-,24-/m0/s1. The largest absolute Gasteiger partial charge is 0.490 e. The van der Waals surface area contributed by atoms with Gasteiger partial charge in [0, 0.05) is 12.8 Å². The molecule has 198 valence electrons. The third-order valence-electron chi connectivity index (χ3n) is 5.40. The SMILES string of the molecule is COC(=O)[C@@H]1Cc2ccc(cc2)OC/C=C\COc2ccc(cc2)C[C@H](NC(=O)OC(C)(C)C)C(=O)N1. The second kappa shape index (κ2) is 12.8. The third kappa shape index (κ3) is 9.18. The van der Waals surface area contributed by atoms with Crippen LogP contribution in [0, 0.1) is 0 Å². The quantitative estimate of drug-likeness (QED) is 0.471. The lowest BCUT2D eigenvalue weighted by atomic mass is 10.0. The van der Waals surface area contributed by atoms with Gasteiger partial charge in [0.05, 0.1) is 7.11 Å². The molecule has 2 atom stereocenters. The molecule has 0 radical (unpaired) electrons. The summed E-state index contributed by atoms with van der Waals surface area (Å²) in [5, 5.41) is 5.37. The molecule has 2 N–H and O–H groups in total. The Morgan fingerprint density at radius 2 is 1.41 bits per heavy atom. The van der Waals surface area contributed by atoms with Crippen molar-refractivity contribution in [1.29, 1.82) is 0 Å². The predicted molar refractivity (Wildman–Crippen MR) is 138 cm³/mol. The summed E-state index contributed by atoms with van der Waals surface area (Å²) in [6.07, 6.45) is 3.37. The molecular formula is C28H34N2O7. The van der Waals surface area contributed by atoms with Gasteiger partial charge in [0.15, 0.2) is 0 Å². The lowest BCUT2D eigenvalue weighted by Gasteiger charge is -2.25. The van der Waals surface area contributed by atoms with Gasteiger partial charge in [-0.25, -0.2) is 9.59 Å². The molecule has 0 aliphatic carbocycles.